The predicted octanol–water partition coefficient (Wildman–Crippen LogP) is 4.55. The van der Waals surface area contributed by atoms with Crippen LogP contribution in [0.3, 0.4) is 0 Å². The SMILES string of the molecule is CCC1CCOc2ccc(CC(C)(C)C)cc21. The molecular formula is C16H24O. The van der Waals surface area contributed by atoms with Gasteiger partial charge < -0.3 is 4.74 Å². The average Bonchev–Trinajstić information content (AvgIpc) is 2.26. The lowest BCUT2D eigenvalue weighted by Gasteiger charge is -2.26. The van der Waals surface area contributed by atoms with Crippen LogP contribution in [-0.2, 0) is 6.42 Å². The number of hydrogen-bond donors (Lipinski definition) is 0. The highest BCUT2D eigenvalue weighted by Crippen LogP contribution is 2.37. The molecule has 0 spiro atoms. The molecule has 1 heterocycles. The Morgan fingerprint density at radius 3 is 2.71 bits per heavy atom. The van der Waals surface area contributed by atoms with Gasteiger partial charge in [-0.05, 0) is 47.8 Å². The van der Waals surface area contributed by atoms with Crippen LogP contribution in [-0.4, -0.2) is 6.61 Å². The molecule has 0 amide bonds. The summed E-state index contributed by atoms with van der Waals surface area (Å²) in [5.74, 6) is 1.81. The molecule has 0 fully saturated rings. The zero-order chi connectivity index (χ0) is 12.5. The normalized spacial score (nSPS) is 19.6. The quantitative estimate of drug-likeness (QED) is 0.726. The van der Waals surface area contributed by atoms with E-state index in [1.165, 1.54) is 24.0 Å². The van der Waals surface area contributed by atoms with E-state index in [0.717, 1.165) is 18.8 Å². The summed E-state index contributed by atoms with van der Waals surface area (Å²) in [5.41, 5.74) is 3.23. The first-order valence-corrected chi connectivity index (χ1v) is 6.75. The molecule has 1 aromatic carbocycles. The van der Waals surface area contributed by atoms with Crippen molar-refractivity contribution in [2.24, 2.45) is 5.41 Å². The van der Waals surface area contributed by atoms with Gasteiger partial charge in [0, 0.05) is 0 Å². The zero-order valence-corrected chi connectivity index (χ0v) is 11.5. The molecule has 1 aromatic rings. The molecule has 17 heavy (non-hydrogen) atoms. The van der Waals surface area contributed by atoms with Crippen molar-refractivity contribution in [1.82, 2.24) is 0 Å². The minimum Gasteiger partial charge on any atom is -0.493 e. The van der Waals surface area contributed by atoms with Crippen molar-refractivity contribution in [3.63, 3.8) is 0 Å². The van der Waals surface area contributed by atoms with E-state index in [2.05, 4.69) is 45.9 Å². The van der Waals surface area contributed by atoms with Gasteiger partial charge in [0.2, 0.25) is 0 Å². The van der Waals surface area contributed by atoms with Crippen molar-refractivity contribution in [2.75, 3.05) is 6.61 Å². The zero-order valence-electron chi connectivity index (χ0n) is 11.5. The summed E-state index contributed by atoms with van der Waals surface area (Å²) in [4.78, 5) is 0. The summed E-state index contributed by atoms with van der Waals surface area (Å²) in [5, 5.41) is 0. The minimum absolute atomic E-state index is 0.353. The molecule has 2 rings (SSSR count). The van der Waals surface area contributed by atoms with Crippen molar-refractivity contribution >= 4 is 0 Å². The van der Waals surface area contributed by atoms with Crippen LogP contribution in [0.25, 0.3) is 0 Å². The van der Waals surface area contributed by atoms with Crippen LogP contribution in [0.4, 0.5) is 0 Å². The Morgan fingerprint density at radius 2 is 2.06 bits per heavy atom. The summed E-state index contributed by atoms with van der Waals surface area (Å²) < 4.78 is 5.74. The molecule has 0 aliphatic carbocycles. The maximum Gasteiger partial charge on any atom is 0.122 e. The third-order valence-corrected chi connectivity index (χ3v) is 3.47. The molecule has 0 saturated heterocycles. The van der Waals surface area contributed by atoms with Crippen molar-refractivity contribution in [3.05, 3.63) is 29.3 Å². The van der Waals surface area contributed by atoms with Gasteiger partial charge in [0.05, 0.1) is 6.61 Å². The molecule has 0 aromatic heterocycles. The molecule has 1 nitrogen and oxygen atoms in total. The Bertz CT molecular complexity index is 387. The van der Waals surface area contributed by atoms with Crippen LogP contribution < -0.4 is 4.74 Å². The molecular weight excluding hydrogens is 208 g/mol. The number of ether oxygens (including phenoxy) is 1. The van der Waals surface area contributed by atoms with E-state index in [9.17, 15) is 0 Å². The Kier molecular flexibility index (Phi) is 3.46. The van der Waals surface area contributed by atoms with E-state index in [0.29, 0.717) is 11.3 Å². The lowest BCUT2D eigenvalue weighted by Crippen LogP contribution is -2.15. The standard InChI is InChI=1S/C16H24O/c1-5-13-8-9-17-15-7-6-12(10-14(13)15)11-16(2,3)4/h6-7,10,13H,5,8-9,11H2,1-4H3. The second kappa shape index (κ2) is 4.72. The van der Waals surface area contributed by atoms with E-state index in [1.54, 1.807) is 0 Å². The maximum absolute atomic E-state index is 5.74. The number of fused-ring (bicyclic) bond motifs is 1. The molecule has 0 radical (unpaired) electrons. The second-order valence-electron chi connectivity index (χ2n) is 6.35. The maximum atomic E-state index is 5.74. The van der Waals surface area contributed by atoms with Crippen LogP contribution in [0.5, 0.6) is 5.75 Å². The van der Waals surface area contributed by atoms with Gasteiger partial charge in [-0.15, -0.1) is 0 Å². The van der Waals surface area contributed by atoms with Crippen molar-refractivity contribution < 1.29 is 4.74 Å². The van der Waals surface area contributed by atoms with Gasteiger partial charge in [-0.3, -0.25) is 0 Å². The fraction of sp³-hybridized carbons (Fsp3) is 0.625. The third kappa shape index (κ3) is 3.02. The van der Waals surface area contributed by atoms with Crippen LogP contribution in [0.1, 0.15) is 57.6 Å². The lowest BCUT2D eigenvalue weighted by molar-refractivity contribution is 0.265. The van der Waals surface area contributed by atoms with E-state index >= 15 is 0 Å². The first kappa shape index (κ1) is 12.5. The Morgan fingerprint density at radius 1 is 1.29 bits per heavy atom. The van der Waals surface area contributed by atoms with E-state index < -0.39 is 0 Å². The van der Waals surface area contributed by atoms with Crippen molar-refractivity contribution in [2.45, 2.75) is 52.9 Å². The molecule has 1 aliphatic rings. The van der Waals surface area contributed by atoms with Crippen molar-refractivity contribution in [1.29, 1.82) is 0 Å². The molecule has 1 atom stereocenters. The molecule has 1 aliphatic heterocycles. The van der Waals surface area contributed by atoms with Gasteiger partial charge in [0.1, 0.15) is 5.75 Å². The number of benzene rings is 1. The Balaban J connectivity index is 2.28. The Hall–Kier alpha value is -0.980. The average molecular weight is 232 g/mol. The van der Waals surface area contributed by atoms with E-state index in [4.69, 9.17) is 4.74 Å². The molecule has 0 saturated carbocycles. The van der Waals surface area contributed by atoms with Gasteiger partial charge in [0.15, 0.2) is 0 Å². The van der Waals surface area contributed by atoms with Crippen LogP contribution in [0, 0.1) is 5.41 Å². The highest BCUT2D eigenvalue weighted by atomic mass is 16.5. The van der Waals surface area contributed by atoms with Crippen LogP contribution in [0.15, 0.2) is 18.2 Å². The molecule has 0 N–H and O–H groups in total. The van der Waals surface area contributed by atoms with Gasteiger partial charge in [0.25, 0.3) is 0 Å². The molecule has 0 bridgehead atoms. The topological polar surface area (TPSA) is 9.23 Å². The lowest BCUT2D eigenvalue weighted by atomic mass is 9.84. The summed E-state index contributed by atoms with van der Waals surface area (Å²) >= 11 is 0. The number of hydrogen-bond acceptors (Lipinski definition) is 1. The Labute approximate surface area is 105 Å². The van der Waals surface area contributed by atoms with Gasteiger partial charge in [-0.25, -0.2) is 0 Å². The summed E-state index contributed by atoms with van der Waals surface area (Å²) in [6.45, 7) is 10.0. The minimum atomic E-state index is 0.353. The monoisotopic (exact) mass is 232 g/mol. The fourth-order valence-electron chi connectivity index (χ4n) is 2.66. The largest absolute Gasteiger partial charge is 0.493 e. The second-order valence-corrected chi connectivity index (χ2v) is 6.35. The predicted molar refractivity (Wildman–Crippen MR) is 72.7 cm³/mol. The molecule has 1 heteroatoms. The van der Waals surface area contributed by atoms with E-state index in [-0.39, 0.29) is 0 Å². The highest BCUT2D eigenvalue weighted by Gasteiger charge is 2.21. The molecule has 1 unspecified atom stereocenters. The van der Waals surface area contributed by atoms with Crippen molar-refractivity contribution in [3.8, 4) is 5.75 Å². The smallest absolute Gasteiger partial charge is 0.122 e. The number of rotatable bonds is 2. The summed E-state index contributed by atoms with van der Waals surface area (Å²) in [6.07, 6.45) is 3.52. The van der Waals surface area contributed by atoms with E-state index in [1.807, 2.05) is 0 Å². The van der Waals surface area contributed by atoms with Crippen LogP contribution in [0.2, 0.25) is 0 Å². The van der Waals surface area contributed by atoms with Gasteiger partial charge >= 0.3 is 0 Å². The highest BCUT2D eigenvalue weighted by molar-refractivity contribution is 5.41. The summed E-state index contributed by atoms with van der Waals surface area (Å²) in [7, 11) is 0. The van der Waals surface area contributed by atoms with Gasteiger partial charge in [-0.1, -0.05) is 39.8 Å². The first-order chi connectivity index (χ1) is 7.99. The van der Waals surface area contributed by atoms with Crippen LogP contribution >= 0.6 is 0 Å². The van der Waals surface area contributed by atoms with Gasteiger partial charge in [-0.2, -0.15) is 0 Å². The fourth-order valence-corrected chi connectivity index (χ4v) is 2.66. The summed E-state index contributed by atoms with van der Waals surface area (Å²) in [6, 6.07) is 6.76. The third-order valence-electron chi connectivity index (χ3n) is 3.47. The molecule has 94 valence electrons. The first-order valence-electron chi connectivity index (χ1n) is 6.75.